The van der Waals surface area contributed by atoms with Gasteiger partial charge in [-0.2, -0.15) is 0 Å². The maximum atomic E-state index is 11.3. The fourth-order valence-electron chi connectivity index (χ4n) is 2.03. The van der Waals surface area contributed by atoms with Crippen molar-refractivity contribution in [3.05, 3.63) is 39.4 Å². The first kappa shape index (κ1) is 13.0. The Morgan fingerprint density at radius 1 is 1.26 bits per heavy atom. The number of carbonyl (C=O) groups excluding carboxylic acids is 2. The number of rotatable bonds is 2. The van der Waals surface area contributed by atoms with Crippen molar-refractivity contribution in [2.24, 2.45) is 0 Å². The highest BCUT2D eigenvalue weighted by Gasteiger charge is 2.41. The molecule has 1 aliphatic rings. The van der Waals surface area contributed by atoms with Crippen molar-refractivity contribution in [2.45, 2.75) is 26.1 Å². The number of cyclic esters (lactones) is 2. The number of ether oxygens (including phenoxy) is 2. The molecule has 0 aliphatic carbocycles. The van der Waals surface area contributed by atoms with Crippen LogP contribution in [-0.4, -0.2) is 16.9 Å². The molecule has 0 saturated carbocycles. The van der Waals surface area contributed by atoms with Crippen LogP contribution in [-0.2, 0) is 24.8 Å². The standard InChI is InChI=1S/C12H11NO6/c1-7-5-8(13(16)17)3-4-9(7)12(2)18-10(14)6-11(15)19-12/h3-5H,6H2,1-2H3. The van der Waals surface area contributed by atoms with Gasteiger partial charge in [0.05, 0.1) is 4.92 Å². The van der Waals surface area contributed by atoms with Gasteiger partial charge in [-0.3, -0.25) is 19.7 Å². The number of hydrogen-bond acceptors (Lipinski definition) is 6. The number of nitro groups is 1. The number of esters is 2. The third-order valence-electron chi connectivity index (χ3n) is 2.82. The normalized spacial score (nSPS) is 17.6. The van der Waals surface area contributed by atoms with Crippen molar-refractivity contribution in [3.8, 4) is 0 Å². The van der Waals surface area contributed by atoms with Crippen LogP contribution >= 0.6 is 0 Å². The lowest BCUT2D eigenvalue weighted by molar-refractivity contribution is -0.384. The minimum Gasteiger partial charge on any atom is -0.418 e. The largest absolute Gasteiger partial charge is 0.418 e. The van der Waals surface area contributed by atoms with Crippen molar-refractivity contribution >= 4 is 17.6 Å². The van der Waals surface area contributed by atoms with E-state index in [1.165, 1.54) is 25.1 Å². The minimum absolute atomic E-state index is 0.0849. The summed E-state index contributed by atoms with van der Waals surface area (Å²) in [6.45, 7) is 3.04. The minimum atomic E-state index is -1.54. The zero-order valence-corrected chi connectivity index (χ0v) is 10.3. The number of nitrogens with zero attached hydrogens (tertiary/aromatic N) is 1. The zero-order chi connectivity index (χ0) is 14.2. The summed E-state index contributed by atoms with van der Waals surface area (Å²) in [7, 11) is 0. The summed E-state index contributed by atoms with van der Waals surface area (Å²) in [5.41, 5.74) is 0.817. The van der Waals surface area contributed by atoms with Crippen molar-refractivity contribution in [2.75, 3.05) is 0 Å². The number of carbonyl (C=O) groups is 2. The lowest BCUT2D eigenvalue weighted by atomic mass is 10.00. The van der Waals surface area contributed by atoms with Crippen LogP contribution in [0.3, 0.4) is 0 Å². The van der Waals surface area contributed by atoms with Gasteiger partial charge in [0.25, 0.3) is 11.5 Å². The number of aryl methyl sites for hydroxylation is 1. The first-order chi connectivity index (χ1) is 8.82. The molecule has 1 aromatic rings. The number of benzene rings is 1. The van der Waals surface area contributed by atoms with E-state index in [1.54, 1.807) is 6.92 Å². The molecule has 1 aliphatic heterocycles. The first-order valence-corrected chi connectivity index (χ1v) is 5.51. The average molecular weight is 265 g/mol. The van der Waals surface area contributed by atoms with Crippen molar-refractivity contribution in [3.63, 3.8) is 0 Å². The molecular formula is C12H11NO6. The molecule has 1 heterocycles. The van der Waals surface area contributed by atoms with Crippen LogP contribution in [0.5, 0.6) is 0 Å². The van der Waals surface area contributed by atoms with Crippen LogP contribution in [0.2, 0.25) is 0 Å². The lowest BCUT2D eigenvalue weighted by Gasteiger charge is -2.33. The second-order valence-electron chi connectivity index (χ2n) is 4.33. The zero-order valence-electron chi connectivity index (χ0n) is 10.3. The van der Waals surface area contributed by atoms with Crippen LogP contribution in [0, 0.1) is 17.0 Å². The quantitative estimate of drug-likeness (QED) is 0.348. The highest BCUT2D eigenvalue weighted by atomic mass is 16.7. The van der Waals surface area contributed by atoms with Gasteiger partial charge in [0.2, 0.25) is 0 Å². The van der Waals surface area contributed by atoms with Gasteiger partial charge < -0.3 is 9.47 Å². The summed E-state index contributed by atoms with van der Waals surface area (Å²) in [6, 6.07) is 4.01. The molecule has 100 valence electrons. The maximum Gasteiger partial charge on any atom is 0.320 e. The molecule has 0 radical (unpaired) electrons. The third kappa shape index (κ3) is 2.40. The molecule has 19 heavy (non-hydrogen) atoms. The predicted molar refractivity (Wildman–Crippen MR) is 62.0 cm³/mol. The fourth-order valence-corrected chi connectivity index (χ4v) is 2.03. The van der Waals surface area contributed by atoms with E-state index in [4.69, 9.17) is 9.47 Å². The van der Waals surface area contributed by atoms with Crippen LogP contribution in [0.1, 0.15) is 24.5 Å². The van der Waals surface area contributed by atoms with E-state index in [9.17, 15) is 19.7 Å². The van der Waals surface area contributed by atoms with Crippen molar-refractivity contribution < 1.29 is 24.0 Å². The monoisotopic (exact) mass is 265 g/mol. The molecule has 0 amide bonds. The molecule has 1 aromatic carbocycles. The molecule has 0 aromatic heterocycles. The van der Waals surface area contributed by atoms with E-state index in [2.05, 4.69) is 0 Å². The molecule has 2 rings (SSSR count). The van der Waals surface area contributed by atoms with Crippen molar-refractivity contribution in [1.82, 2.24) is 0 Å². The Morgan fingerprint density at radius 2 is 1.84 bits per heavy atom. The molecule has 7 heteroatoms. The average Bonchev–Trinajstić information content (AvgIpc) is 2.26. The molecule has 0 spiro atoms. The topological polar surface area (TPSA) is 95.7 Å². The summed E-state index contributed by atoms with van der Waals surface area (Å²) < 4.78 is 10.1. The SMILES string of the molecule is Cc1cc([N+](=O)[O-])ccc1C1(C)OC(=O)CC(=O)O1. The van der Waals surface area contributed by atoms with Gasteiger partial charge in [-0.25, -0.2) is 0 Å². The molecular weight excluding hydrogens is 254 g/mol. The molecule has 0 atom stereocenters. The second kappa shape index (κ2) is 4.34. The van der Waals surface area contributed by atoms with Crippen LogP contribution in [0.4, 0.5) is 5.69 Å². The highest BCUT2D eigenvalue weighted by molar-refractivity contribution is 5.93. The number of hydrogen-bond donors (Lipinski definition) is 0. The lowest BCUT2D eigenvalue weighted by Crippen LogP contribution is -2.40. The van der Waals surface area contributed by atoms with Crippen LogP contribution < -0.4 is 0 Å². The molecule has 1 saturated heterocycles. The molecule has 0 N–H and O–H groups in total. The van der Waals surface area contributed by atoms with Gasteiger partial charge in [0, 0.05) is 24.6 Å². The van der Waals surface area contributed by atoms with Crippen LogP contribution in [0.15, 0.2) is 18.2 Å². The van der Waals surface area contributed by atoms with E-state index in [-0.39, 0.29) is 5.69 Å². The van der Waals surface area contributed by atoms with Gasteiger partial charge in [-0.15, -0.1) is 0 Å². The van der Waals surface area contributed by atoms with Gasteiger partial charge in [0.1, 0.15) is 6.42 Å². The van der Waals surface area contributed by atoms with Crippen LogP contribution in [0.25, 0.3) is 0 Å². The van der Waals surface area contributed by atoms with E-state index in [0.29, 0.717) is 11.1 Å². The van der Waals surface area contributed by atoms with E-state index in [0.717, 1.165) is 0 Å². The van der Waals surface area contributed by atoms with Crippen molar-refractivity contribution in [1.29, 1.82) is 0 Å². The Morgan fingerprint density at radius 3 is 2.32 bits per heavy atom. The molecule has 0 bridgehead atoms. The summed E-state index contributed by atoms with van der Waals surface area (Å²) in [5.74, 6) is -2.90. The van der Waals surface area contributed by atoms with E-state index < -0.39 is 29.1 Å². The Hall–Kier alpha value is -2.44. The summed E-state index contributed by atoms with van der Waals surface area (Å²) >= 11 is 0. The van der Waals surface area contributed by atoms with E-state index in [1.807, 2.05) is 0 Å². The summed E-state index contributed by atoms with van der Waals surface area (Å²) in [4.78, 5) is 32.8. The smallest absolute Gasteiger partial charge is 0.320 e. The van der Waals surface area contributed by atoms with Gasteiger partial charge >= 0.3 is 11.9 Å². The Balaban J connectivity index is 2.43. The highest BCUT2D eigenvalue weighted by Crippen LogP contribution is 2.34. The maximum absolute atomic E-state index is 11.3. The molecule has 1 fully saturated rings. The summed E-state index contributed by atoms with van der Waals surface area (Å²) in [6.07, 6.45) is -0.429. The first-order valence-electron chi connectivity index (χ1n) is 5.51. The van der Waals surface area contributed by atoms with E-state index >= 15 is 0 Å². The summed E-state index contributed by atoms with van der Waals surface area (Å²) in [5, 5.41) is 10.7. The predicted octanol–water partition coefficient (Wildman–Crippen LogP) is 1.57. The molecule has 7 nitrogen and oxygen atoms in total. The second-order valence-corrected chi connectivity index (χ2v) is 4.33. The van der Waals surface area contributed by atoms with Gasteiger partial charge in [0.15, 0.2) is 0 Å². The Labute approximate surface area is 108 Å². The van der Waals surface area contributed by atoms with Gasteiger partial charge in [-0.05, 0) is 18.6 Å². The number of non-ortho nitro benzene ring substituents is 1. The molecule has 0 unspecified atom stereocenters. The fraction of sp³-hybridized carbons (Fsp3) is 0.333. The third-order valence-corrected chi connectivity index (χ3v) is 2.82. The Kier molecular flexibility index (Phi) is 2.97. The number of nitro benzene ring substituents is 1. The Bertz CT molecular complexity index is 564. The van der Waals surface area contributed by atoms with Gasteiger partial charge in [-0.1, -0.05) is 0 Å².